The second-order valence-corrected chi connectivity index (χ2v) is 4.57. The molecule has 0 spiro atoms. The minimum Gasteiger partial charge on any atom is -0.450 e. The molecule has 0 aromatic carbocycles. The van der Waals surface area contributed by atoms with Gasteiger partial charge in [0.15, 0.2) is 5.96 Å². The highest BCUT2D eigenvalue weighted by Crippen LogP contribution is 2.11. The van der Waals surface area contributed by atoms with Crippen LogP contribution in [-0.4, -0.2) is 62.4 Å². The molecule has 1 fully saturated rings. The molecule has 1 aliphatic rings. The van der Waals surface area contributed by atoms with Crippen molar-refractivity contribution < 1.29 is 14.3 Å². The molecule has 3 N–H and O–H groups in total. The summed E-state index contributed by atoms with van der Waals surface area (Å²) < 4.78 is 10.2. The van der Waals surface area contributed by atoms with Gasteiger partial charge in [-0.1, -0.05) is 0 Å². The van der Waals surface area contributed by atoms with E-state index in [1.165, 1.54) is 0 Å². The molecule has 0 unspecified atom stereocenters. The van der Waals surface area contributed by atoms with Crippen molar-refractivity contribution in [2.45, 2.75) is 32.7 Å². The SMILES string of the molecule is CCOCCN=C(N)NC1CCN(C(=O)OCC)CC1. The van der Waals surface area contributed by atoms with E-state index in [0.29, 0.717) is 45.4 Å². The zero-order valence-electron chi connectivity index (χ0n) is 12.4. The number of nitrogens with two attached hydrogens (primary N) is 1. The van der Waals surface area contributed by atoms with Crippen LogP contribution < -0.4 is 11.1 Å². The predicted molar refractivity (Wildman–Crippen MR) is 77.7 cm³/mol. The topological polar surface area (TPSA) is 89.2 Å². The Morgan fingerprint density at radius 1 is 1.35 bits per heavy atom. The zero-order valence-corrected chi connectivity index (χ0v) is 12.4. The number of piperidine rings is 1. The van der Waals surface area contributed by atoms with Gasteiger partial charge in [0, 0.05) is 25.7 Å². The third-order valence-electron chi connectivity index (χ3n) is 3.09. The van der Waals surface area contributed by atoms with Gasteiger partial charge in [-0.2, -0.15) is 0 Å². The molecule has 0 atom stereocenters. The van der Waals surface area contributed by atoms with Crippen LogP contribution in [0.5, 0.6) is 0 Å². The van der Waals surface area contributed by atoms with Crippen molar-refractivity contribution in [2.75, 3.05) is 39.5 Å². The van der Waals surface area contributed by atoms with Crippen LogP contribution in [-0.2, 0) is 9.47 Å². The summed E-state index contributed by atoms with van der Waals surface area (Å²) in [6.45, 7) is 7.37. The van der Waals surface area contributed by atoms with Crippen molar-refractivity contribution in [3.63, 3.8) is 0 Å². The lowest BCUT2D eigenvalue weighted by atomic mass is 10.1. The van der Waals surface area contributed by atoms with Crippen LogP contribution in [0, 0.1) is 0 Å². The summed E-state index contributed by atoms with van der Waals surface area (Å²) in [6, 6.07) is 0.261. The third kappa shape index (κ3) is 6.10. The first kappa shape index (κ1) is 16.6. The van der Waals surface area contributed by atoms with Gasteiger partial charge < -0.3 is 25.4 Å². The van der Waals surface area contributed by atoms with Crippen molar-refractivity contribution in [1.29, 1.82) is 0 Å². The van der Waals surface area contributed by atoms with E-state index in [-0.39, 0.29) is 12.1 Å². The van der Waals surface area contributed by atoms with Crippen LogP contribution in [0.2, 0.25) is 0 Å². The lowest BCUT2D eigenvalue weighted by Crippen LogP contribution is -2.48. The first-order chi connectivity index (χ1) is 9.67. The van der Waals surface area contributed by atoms with Crippen LogP contribution in [0.4, 0.5) is 4.79 Å². The number of nitrogens with zero attached hydrogens (tertiary/aromatic N) is 2. The molecule has 20 heavy (non-hydrogen) atoms. The largest absolute Gasteiger partial charge is 0.450 e. The minimum absolute atomic E-state index is 0.232. The molecular formula is C13H26N4O3. The number of carbonyl (C=O) groups is 1. The molecular weight excluding hydrogens is 260 g/mol. The van der Waals surface area contributed by atoms with Gasteiger partial charge in [0.2, 0.25) is 0 Å². The van der Waals surface area contributed by atoms with Crippen LogP contribution >= 0.6 is 0 Å². The molecule has 116 valence electrons. The maximum Gasteiger partial charge on any atom is 0.409 e. The van der Waals surface area contributed by atoms with Gasteiger partial charge >= 0.3 is 6.09 Å². The Hall–Kier alpha value is -1.50. The van der Waals surface area contributed by atoms with E-state index in [2.05, 4.69) is 10.3 Å². The van der Waals surface area contributed by atoms with Crippen molar-refractivity contribution >= 4 is 12.1 Å². The van der Waals surface area contributed by atoms with Gasteiger partial charge in [-0.3, -0.25) is 4.99 Å². The molecule has 7 nitrogen and oxygen atoms in total. The second kappa shape index (κ2) is 9.41. The molecule has 7 heteroatoms. The molecule has 0 aromatic heterocycles. The van der Waals surface area contributed by atoms with E-state index < -0.39 is 0 Å². The van der Waals surface area contributed by atoms with Crippen LogP contribution in [0.25, 0.3) is 0 Å². The van der Waals surface area contributed by atoms with Gasteiger partial charge in [-0.25, -0.2) is 4.79 Å². The van der Waals surface area contributed by atoms with Crippen molar-refractivity contribution in [3.05, 3.63) is 0 Å². The number of carbonyl (C=O) groups excluding carboxylic acids is 1. The predicted octanol–water partition coefficient (Wildman–Crippen LogP) is 0.548. The highest BCUT2D eigenvalue weighted by molar-refractivity contribution is 5.78. The normalized spacial score (nSPS) is 17.1. The molecule has 1 rings (SSSR count). The quantitative estimate of drug-likeness (QED) is 0.423. The Labute approximate surface area is 120 Å². The van der Waals surface area contributed by atoms with Crippen LogP contribution in [0.1, 0.15) is 26.7 Å². The summed E-state index contributed by atoms with van der Waals surface area (Å²) in [4.78, 5) is 17.5. The molecule has 1 heterocycles. The average molecular weight is 286 g/mol. The molecule has 0 bridgehead atoms. The fourth-order valence-electron chi connectivity index (χ4n) is 2.05. The maximum absolute atomic E-state index is 11.6. The van der Waals surface area contributed by atoms with E-state index in [9.17, 15) is 4.79 Å². The molecule has 0 aliphatic carbocycles. The summed E-state index contributed by atoms with van der Waals surface area (Å²) >= 11 is 0. The Morgan fingerprint density at radius 2 is 2.05 bits per heavy atom. The first-order valence-electron chi connectivity index (χ1n) is 7.23. The van der Waals surface area contributed by atoms with Gasteiger partial charge in [-0.15, -0.1) is 0 Å². The van der Waals surface area contributed by atoms with E-state index in [1.54, 1.807) is 4.90 Å². The highest BCUT2D eigenvalue weighted by Gasteiger charge is 2.23. The Bertz CT molecular complexity index is 315. The lowest BCUT2D eigenvalue weighted by molar-refractivity contribution is 0.0963. The standard InChI is InChI=1S/C13H26N4O3/c1-3-19-10-7-15-12(14)16-11-5-8-17(9-6-11)13(18)20-4-2/h11H,3-10H2,1-2H3,(H3,14,15,16). The molecule has 0 saturated carbocycles. The number of aliphatic imine (C=N–C) groups is 1. The number of amides is 1. The zero-order chi connectivity index (χ0) is 14.8. The fraction of sp³-hybridized carbons (Fsp3) is 0.846. The molecule has 0 aromatic rings. The van der Waals surface area contributed by atoms with Gasteiger partial charge in [0.25, 0.3) is 0 Å². The minimum atomic E-state index is -0.232. The molecule has 1 aliphatic heterocycles. The summed E-state index contributed by atoms with van der Waals surface area (Å²) in [5.74, 6) is 0.444. The highest BCUT2D eigenvalue weighted by atomic mass is 16.6. The van der Waals surface area contributed by atoms with Gasteiger partial charge in [-0.05, 0) is 26.7 Å². The van der Waals surface area contributed by atoms with Crippen LogP contribution in [0.15, 0.2) is 4.99 Å². The molecule has 0 radical (unpaired) electrons. The number of ether oxygens (including phenoxy) is 2. The lowest BCUT2D eigenvalue weighted by Gasteiger charge is -2.31. The van der Waals surface area contributed by atoms with Crippen molar-refractivity contribution in [1.82, 2.24) is 10.2 Å². The number of hydrogen-bond donors (Lipinski definition) is 2. The van der Waals surface area contributed by atoms with Crippen molar-refractivity contribution in [2.24, 2.45) is 10.7 Å². The fourth-order valence-corrected chi connectivity index (χ4v) is 2.05. The van der Waals surface area contributed by atoms with E-state index in [0.717, 1.165) is 12.8 Å². The van der Waals surface area contributed by atoms with Gasteiger partial charge in [0.1, 0.15) is 0 Å². The second-order valence-electron chi connectivity index (χ2n) is 4.57. The Balaban J connectivity index is 2.23. The Morgan fingerprint density at radius 3 is 2.65 bits per heavy atom. The molecule has 1 saturated heterocycles. The van der Waals surface area contributed by atoms with E-state index >= 15 is 0 Å². The number of guanidine groups is 1. The monoisotopic (exact) mass is 286 g/mol. The summed E-state index contributed by atoms with van der Waals surface area (Å²) in [6.07, 6.45) is 1.46. The van der Waals surface area contributed by atoms with Crippen LogP contribution in [0.3, 0.4) is 0 Å². The average Bonchev–Trinajstić information content (AvgIpc) is 2.45. The summed E-state index contributed by atoms with van der Waals surface area (Å²) in [5, 5.41) is 3.18. The number of nitrogens with one attached hydrogen (secondary N) is 1. The van der Waals surface area contributed by atoms with E-state index in [1.807, 2.05) is 13.8 Å². The first-order valence-corrected chi connectivity index (χ1v) is 7.23. The maximum atomic E-state index is 11.6. The smallest absolute Gasteiger partial charge is 0.409 e. The van der Waals surface area contributed by atoms with Crippen molar-refractivity contribution in [3.8, 4) is 0 Å². The number of rotatable bonds is 6. The molecule has 1 amide bonds. The summed E-state index contributed by atoms with van der Waals surface area (Å²) in [7, 11) is 0. The third-order valence-corrected chi connectivity index (χ3v) is 3.09. The van der Waals surface area contributed by atoms with E-state index in [4.69, 9.17) is 15.2 Å². The Kier molecular flexibility index (Phi) is 7.79. The summed E-state index contributed by atoms with van der Waals surface area (Å²) in [5.41, 5.74) is 5.81. The number of likely N-dealkylation sites (tertiary alicyclic amines) is 1. The number of hydrogen-bond acceptors (Lipinski definition) is 4. The van der Waals surface area contributed by atoms with Gasteiger partial charge in [0.05, 0.1) is 19.8 Å².